The summed E-state index contributed by atoms with van der Waals surface area (Å²) >= 11 is 0. The summed E-state index contributed by atoms with van der Waals surface area (Å²) in [6.45, 7) is 5.78. The van der Waals surface area contributed by atoms with E-state index in [0.29, 0.717) is 5.69 Å². The second-order valence-corrected chi connectivity index (χ2v) is 6.84. The molecule has 0 radical (unpaired) electrons. The fourth-order valence-electron chi connectivity index (χ4n) is 2.07. The van der Waals surface area contributed by atoms with E-state index in [9.17, 15) is 8.42 Å². The number of sulfonamides is 1. The highest BCUT2D eigenvalue weighted by molar-refractivity contribution is 7.91. The molecule has 0 fully saturated rings. The first kappa shape index (κ1) is 14.6. The van der Waals surface area contributed by atoms with Crippen LogP contribution in [-0.2, 0) is 15.8 Å². The van der Waals surface area contributed by atoms with Gasteiger partial charge in [-0.2, -0.15) is 0 Å². The standard InChI is InChI=1S/C16H19NO2S/c1-12-7-9-15(10-8-12)11-20(18,19)17-16-13(2)5-4-6-14(16)3/h4-10,17H,11H2,1-3H3. The number of hydrogen-bond acceptors (Lipinski definition) is 2. The molecule has 0 amide bonds. The Balaban J connectivity index is 2.21. The zero-order chi connectivity index (χ0) is 14.8. The molecule has 0 aliphatic rings. The monoisotopic (exact) mass is 289 g/mol. The van der Waals surface area contributed by atoms with E-state index in [4.69, 9.17) is 0 Å². The Morgan fingerprint density at radius 2 is 1.45 bits per heavy atom. The third kappa shape index (κ3) is 3.61. The molecule has 0 aliphatic heterocycles. The third-order valence-corrected chi connectivity index (χ3v) is 4.44. The Bertz CT molecular complexity index is 684. The molecule has 0 bridgehead atoms. The van der Waals surface area contributed by atoms with Gasteiger partial charge in [0.2, 0.25) is 10.0 Å². The van der Waals surface area contributed by atoms with Gasteiger partial charge in [0.1, 0.15) is 0 Å². The lowest BCUT2D eigenvalue weighted by atomic mass is 10.1. The number of nitrogens with one attached hydrogen (secondary N) is 1. The van der Waals surface area contributed by atoms with Gasteiger partial charge in [0, 0.05) is 0 Å². The van der Waals surface area contributed by atoms with Crippen molar-refractivity contribution in [1.29, 1.82) is 0 Å². The van der Waals surface area contributed by atoms with Crippen molar-refractivity contribution in [2.45, 2.75) is 26.5 Å². The Kier molecular flexibility index (Phi) is 4.14. The quantitative estimate of drug-likeness (QED) is 0.935. The van der Waals surface area contributed by atoms with Crippen molar-refractivity contribution in [3.8, 4) is 0 Å². The molecule has 0 aromatic heterocycles. The normalized spacial score (nSPS) is 11.3. The number of hydrogen-bond donors (Lipinski definition) is 1. The van der Waals surface area contributed by atoms with E-state index in [1.807, 2.05) is 63.2 Å². The van der Waals surface area contributed by atoms with Crippen LogP contribution in [0.5, 0.6) is 0 Å². The maximum absolute atomic E-state index is 12.2. The summed E-state index contributed by atoms with van der Waals surface area (Å²) in [6, 6.07) is 13.3. The van der Waals surface area contributed by atoms with Crippen molar-refractivity contribution in [2.24, 2.45) is 0 Å². The van der Waals surface area contributed by atoms with Gasteiger partial charge in [0.05, 0.1) is 11.4 Å². The van der Waals surface area contributed by atoms with Crippen LogP contribution in [0.1, 0.15) is 22.3 Å². The Labute approximate surface area is 120 Å². The highest BCUT2D eigenvalue weighted by Gasteiger charge is 2.14. The molecule has 2 aromatic rings. The minimum Gasteiger partial charge on any atom is -0.283 e. The maximum Gasteiger partial charge on any atom is 0.236 e. The Morgan fingerprint density at radius 1 is 0.900 bits per heavy atom. The summed E-state index contributed by atoms with van der Waals surface area (Å²) in [5.74, 6) is -0.0128. The number of anilines is 1. The average molecular weight is 289 g/mol. The molecule has 0 saturated heterocycles. The first-order chi connectivity index (χ1) is 9.37. The first-order valence-corrected chi connectivity index (χ1v) is 8.15. The van der Waals surface area contributed by atoms with Crippen LogP contribution in [-0.4, -0.2) is 8.42 Å². The van der Waals surface area contributed by atoms with E-state index >= 15 is 0 Å². The zero-order valence-corrected chi connectivity index (χ0v) is 12.8. The first-order valence-electron chi connectivity index (χ1n) is 6.50. The Morgan fingerprint density at radius 3 is 2.00 bits per heavy atom. The molecule has 0 heterocycles. The van der Waals surface area contributed by atoms with Gasteiger partial charge < -0.3 is 0 Å². The molecule has 0 unspecified atom stereocenters. The summed E-state index contributed by atoms with van der Waals surface area (Å²) in [5.41, 5.74) is 4.44. The van der Waals surface area contributed by atoms with Crippen LogP contribution in [0.4, 0.5) is 5.69 Å². The van der Waals surface area contributed by atoms with Crippen molar-refractivity contribution in [1.82, 2.24) is 0 Å². The topological polar surface area (TPSA) is 46.2 Å². The molecule has 0 spiro atoms. The van der Waals surface area contributed by atoms with Crippen LogP contribution in [0.3, 0.4) is 0 Å². The second kappa shape index (κ2) is 5.67. The molecule has 1 N–H and O–H groups in total. The van der Waals surface area contributed by atoms with Crippen molar-refractivity contribution < 1.29 is 8.42 Å². The predicted octanol–water partition coefficient (Wildman–Crippen LogP) is 3.55. The zero-order valence-electron chi connectivity index (χ0n) is 12.0. The van der Waals surface area contributed by atoms with E-state index in [1.54, 1.807) is 0 Å². The summed E-state index contributed by atoms with van der Waals surface area (Å²) in [5, 5.41) is 0. The molecule has 20 heavy (non-hydrogen) atoms. The summed E-state index contributed by atoms with van der Waals surface area (Å²) in [4.78, 5) is 0. The Hall–Kier alpha value is -1.81. The fraction of sp³-hybridized carbons (Fsp3) is 0.250. The molecule has 0 saturated carbocycles. The molecule has 0 aliphatic carbocycles. The van der Waals surface area contributed by atoms with Crippen LogP contribution >= 0.6 is 0 Å². The van der Waals surface area contributed by atoms with E-state index in [-0.39, 0.29) is 5.75 Å². The SMILES string of the molecule is Cc1ccc(CS(=O)(=O)Nc2c(C)cccc2C)cc1. The van der Waals surface area contributed by atoms with E-state index < -0.39 is 10.0 Å². The molecular formula is C16H19NO2S. The van der Waals surface area contributed by atoms with Crippen LogP contribution in [0.15, 0.2) is 42.5 Å². The van der Waals surface area contributed by atoms with Gasteiger partial charge in [0.25, 0.3) is 0 Å². The summed E-state index contributed by atoms with van der Waals surface area (Å²) < 4.78 is 27.2. The predicted molar refractivity (Wildman–Crippen MR) is 83.3 cm³/mol. The average Bonchev–Trinajstić information content (AvgIpc) is 2.37. The van der Waals surface area contributed by atoms with Gasteiger partial charge >= 0.3 is 0 Å². The summed E-state index contributed by atoms with van der Waals surface area (Å²) in [7, 11) is -3.40. The van der Waals surface area contributed by atoms with Crippen molar-refractivity contribution in [3.05, 3.63) is 64.7 Å². The lowest BCUT2D eigenvalue weighted by Crippen LogP contribution is -2.16. The van der Waals surface area contributed by atoms with Gasteiger partial charge in [-0.05, 0) is 37.5 Å². The molecule has 0 atom stereocenters. The number of aryl methyl sites for hydroxylation is 3. The highest BCUT2D eigenvalue weighted by atomic mass is 32.2. The number of benzene rings is 2. The van der Waals surface area contributed by atoms with Crippen molar-refractivity contribution >= 4 is 15.7 Å². The van der Waals surface area contributed by atoms with Gasteiger partial charge in [0.15, 0.2) is 0 Å². The van der Waals surface area contributed by atoms with E-state index in [2.05, 4.69) is 4.72 Å². The van der Waals surface area contributed by atoms with Crippen LogP contribution < -0.4 is 4.72 Å². The van der Waals surface area contributed by atoms with Crippen molar-refractivity contribution in [3.63, 3.8) is 0 Å². The van der Waals surface area contributed by atoms with E-state index in [1.165, 1.54) is 0 Å². The minimum atomic E-state index is -3.40. The lowest BCUT2D eigenvalue weighted by Gasteiger charge is -2.13. The largest absolute Gasteiger partial charge is 0.283 e. The molecule has 2 aromatic carbocycles. The van der Waals surface area contributed by atoms with Crippen LogP contribution in [0.25, 0.3) is 0 Å². The van der Waals surface area contributed by atoms with Gasteiger partial charge in [-0.25, -0.2) is 8.42 Å². The van der Waals surface area contributed by atoms with Gasteiger partial charge in [-0.1, -0.05) is 48.0 Å². The fourth-order valence-corrected chi connectivity index (χ4v) is 3.41. The van der Waals surface area contributed by atoms with Gasteiger partial charge in [-0.15, -0.1) is 0 Å². The summed E-state index contributed by atoms with van der Waals surface area (Å²) in [6.07, 6.45) is 0. The van der Waals surface area contributed by atoms with Crippen molar-refractivity contribution in [2.75, 3.05) is 4.72 Å². The smallest absolute Gasteiger partial charge is 0.236 e. The van der Waals surface area contributed by atoms with E-state index in [0.717, 1.165) is 22.3 Å². The molecule has 2 rings (SSSR count). The molecule has 106 valence electrons. The minimum absolute atomic E-state index is 0.0128. The molecular weight excluding hydrogens is 270 g/mol. The number of para-hydroxylation sites is 1. The maximum atomic E-state index is 12.2. The highest BCUT2D eigenvalue weighted by Crippen LogP contribution is 2.21. The third-order valence-electron chi connectivity index (χ3n) is 3.22. The second-order valence-electron chi connectivity index (χ2n) is 5.11. The lowest BCUT2D eigenvalue weighted by molar-refractivity contribution is 0.600. The van der Waals surface area contributed by atoms with Gasteiger partial charge in [-0.3, -0.25) is 4.72 Å². The molecule has 4 heteroatoms. The molecule has 3 nitrogen and oxygen atoms in total. The van der Waals surface area contributed by atoms with Crippen LogP contribution in [0.2, 0.25) is 0 Å². The van der Waals surface area contributed by atoms with Crippen LogP contribution in [0, 0.1) is 20.8 Å². The number of rotatable bonds is 4.